The lowest BCUT2D eigenvalue weighted by molar-refractivity contribution is -0.385. The first-order valence-electron chi connectivity index (χ1n) is 5.34. The number of nitro benzene ring substituents is 1. The van der Waals surface area contributed by atoms with E-state index in [-0.39, 0.29) is 5.69 Å². The quantitative estimate of drug-likeness (QED) is 0.668. The Labute approximate surface area is 102 Å². The number of non-ortho nitro benzene ring substituents is 1. The number of nitrogens with zero attached hydrogens (tertiary/aromatic N) is 3. The molecule has 0 bridgehead atoms. The molecule has 1 heterocycles. The molecule has 0 atom stereocenters. The highest BCUT2D eigenvalue weighted by atomic mass is 19.1. The average Bonchev–Trinajstić information content (AvgIpc) is 2.76. The van der Waals surface area contributed by atoms with Crippen molar-refractivity contribution in [2.45, 2.75) is 13.5 Å². The lowest BCUT2D eigenvalue weighted by Crippen LogP contribution is -1.98. The molecule has 1 aromatic heterocycles. The minimum absolute atomic E-state index is 0.294. The molecule has 0 radical (unpaired) electrons. The van der Waals surface area contributed by atoms with E-state index in [1.54, 1.807) is 16.9 Å². The van der Waals surface area contributed by atoms with Crippen molar-refractivity contribution >= 4 is 17.2 Å². The molecule has 2 rings (SSSR count). The van der Waals surface area contributed by atoms with E-state index in [4.69, 9.17) is 0 Å². The second-order valence-electron chi connectivity index (χ2n) is 3.64. The Bertz CT molecular complexity index is 582. The number of hydrogen-bond acceptors (Lipinski definition) is 4. The summed E-state index contributed by atoms with van der Waals surface area (Å²) in [5.41, 5.74) is -0.00419. The van der Waals surface area contributed by atoms with Crippen LogP contribution >= 0.6 is 0 Å². The third-order valence-electron chi connectivity index (χ3n) is 2.33. The van der Waals surface area contributed by atoms with E-state index >= 15 is 0 Å². The lowest BCUT2D eigenvalue weighted by atomic mass is 10.2. The summed E-state index contributed by atoms with van der Waals surface area (Å²) in [6, 6.07) is 5.02. The topological polar surface area (TPSA) is 73.0 Å². The molecule has 6 nitrogen and oxygen atoms in total. The highest BCUT2D eigenvalue weighted by molar-refractivity contribution is 5.59. The zero-order chi connectivity index (χ0) is 13.1. The van der Waals surface area contributed by atoms with Crippen LogP contribution in [0.2, 0.25) is 0 Å². The summed E-state index contributed by atoms with van der Waals surface area (Å²) in [5.74, 6) is -0.154. The van der Waals surface area contributed by atoms with Crippen molar-refractivity contribution in [1.82, 2.24) is 9.78 Å². The molecular formula is C11H11FN4O2. The Hall–Kier alpha value is -2.44. The second kappa shape index (κ2) is 4.82. The van der Waals surface area contributed by atoms with Gasteiger partial charge in [0.2, 0.25) is 0 Å². The van der Waals surface area contributed by atoms with E-state index in [1.165, 1.54) is 12.1 Å². The normalized spacial score (nSPS) is 10.3. The van der Waals surface area contributed by atoms with E-state index in [1.807, 2.05) is 6.92 Å². The predicted octanol–water partition coefficient (Wildman–Crippen LogP) is 2.69. The molecule has 7 heteroatoms. The number of halogens is 1. The van der Waals surface area contributed by atoms with Crippen LogP contribution in [0.15, 0.2) is 30.5 Å². The molecule has 0 fully saturated rings. The third-order valence-corrected chi connectivity index (χ3v) is 2.33. The van der Waals surface area contributed by atoms with Gasteiger partial charge in [0, 0.05) is 30.6 Å². The molecule has 94 valence electrons. The molecule has 1 aromatic carbocycles. The van der Waals surface area contributed by atoms with Gasteiger partial charge in [-0.05, 0) is 13.0 Å². The van der Waals surface area contributed by atoms with Crippen LogP contribution < -0.4 is 5.32 Å². The molecule has 0 spiro atoms. The maximum absolute atomic E-state index is 13.2. The van der Waals surface area contributed by atoms with Crippen LogP contribution in [-0.4, -0.2) is 14.7 Å². The summed E-state index contributed by atoms with van der Waals surface area (Å²) < 4.78 is 14.9. The van der Waals surface area contributed by atoms with E-state index in [0.29, 0.717) is 18.1 Å². The van der Waals surface area contributed by atoms with Gasteiger partial charge in [0.1, 0.15) is 5.82 Å². The smallest absolute Gasteiger partial charge is 0.274 e. The summed E-state index contributed by atoms with van der Waals surface area (Å²) in [7, 11) is 0. The van der Waals surface area contributed by atoms with E-state index in [2.05, 4.69) is 10.4 Å². The van der Waals surface area contributed by atoms with Gasteiger partial charge in [-0.25, -0.2) is 4.39 Å². The Morgan fingerprint density at radius 3 is 2.89 bits per heavy atom. The van der Waals surface area contributed by atoms with Crippen LogP contribution in [0.5, 0.6) is 0 Å². The van der Waals surface area contributed by atoms with Gasteiger partial charge in [-0.2, -0.15) is 5.10 Å². The van der Waals surface area contributed by atoms with Gasteiger partial charge in [0.25, 0.3) is 5.69 Å². The summed E-state index contributed by atoms with van der Waals surface area (Å²) in [4.78, 5) is 9.96. The van der Waals surface area contributed by atoms with Gasteiger partial charge in [0.05, 0.1) is 11.0 Å². The minimum Gasteiger partial charge on any atom is -0.338 e. The van der Waals surface area contributed by atoms with E-state index in [9.17, 15) is 14.5 Å². The maximum Gasteiger partial charge on any atom is 0.274 e. The maximum atomic E-state index is 13.2. The van der Waals surface area contributed by atoms with Crippen LogP contribution in [0.3, 0.4) is 0 Å². The first-order valence-corrected chi connectivity index (χ1v) is 5.34. The average molecular weight is 250 g/mol. The fourth-order valence-electron chi connectivity index (χ4n) is 1.50. The fourth-order valence-corrected chi connectivity index (χ4v) is 1.50. The number of nitrogens with one attached hydrogen (secondary N) is 1. The molecule has 0 aliphatic carbocycles. The number of aryl methyl sites for hydroxylation is 1. The van der Waals surface area contributed by atoms with Crippen molar-refractivity contribution in [2.75, 3.05) is 5.32 Å². The molecule has 0 aliphatic heterocycles. The van der Waals surface area contributed by atoms with Crippen molar-refractivity contribution in [3.63, 3.8) is 0 Å². The number of aromatic nitrogens is 2. The van der Waals surface area contributed by atoms with Crippen LogP contribution in [-0.2, 0) is 6.54 Å². The van der Waals surface area contributed by atoms with Gasteiger partial charge in [0.15, 0.2) is 5.82 Å². The summed E-state index contributed by atoms with van der Waals surface area (Å²) in [6.45, 7) is 2.65. The SMILES string of the molecule is CCn1ccc(Nc2cc(F)cc([N+](=O)[O-])c2)n1. The zero-order valence-electron chi connectivity index (χ0n) is 9.63. The molecule has 0 unspecified atom stereocenters. The Balaban J connectivity index is 2.25. The Morgan fingerprint density at radius 1 is 1.50 bits per heavy atom. The largest absolute Gasteiger partial charge is 0.338 e. The molecule has 2 aromatic rings. The van der Waals surface area contributed by atoms with Crippen LogP contribution in [0.1, 0.15) is 6.92 Å². The first kappa shape index (κ1) is 12.0. The Kier molecular flexibility index (Phi) is 3.22. The van der Waals surface area contributed by atoms with Crippen molar-refractivity contribution in [3.8, 4) is 0 Å². The van der Waals surface area contributed by atoms with Crippen LogP contribution in [0.4, 0.5) is 21.6 Å². The molecular weight excluding hydrogens is 239 g/mol. The molecule has 1 N–H and O–H groups in total. The van der Waals surface area contributed by atoms with E-state index in [0.717, 1.165) is 6.07 Å². The van der Waals surface area contributed by atoms with E-state index < -0.39 is 10.7 Å². The van der Waals surface area contributed by atoms with Crippen LogP contribution in [0, 0.1) is 15.9 Å². The lowest BCUT2D eigenvalue weighted by Gasteiger charge is -2.03. The third kappa shape index (κ3) is 2.62. The highest BCUT2D eigenvalue weighted by Crippen LogP contribution is 2.22. The van der Waals surface area contributed by atoms with Crippen molar-refractivity contribution < 1.29 is 9.31 Å². The van der Waals surface area contributed by atoms with Gasteiger partial charge < -0.3 is 5.32 Å². The minimum atomic E-state index is -0.665. The first-order chi connectivity index (χ1) is 8.58. The number of rotatable bonds is 4. The molecule has 0 saturated carbocycles. The van der Waals surface area contributed by atoms with Gasteiger partial charge >= 0.3 is 0 Å². The van der Waals surface area contributed by atoms with Crippen molar-refractivity contribution in [3.05, 3.63) is 46.4 Å². The molecule has 0 saturated heterocycles. The summed E-state index contributed by atoms with van der Waals surface area (Å²) in [5, 5.41) is 17.6. The Morgan fingerprint density at radius 2 is 2.28 bits per heavy atom. The van der Waals surface area contributed by atoms with Crippen LogP contribution in [0.25, 0.3) is 0 Å². The highest BCUT2D eigenvalue weighted by Gasteiger charge is 2.10. The summed E-state index contributed by atoms with van der Waals surface area (Å²) >= 11 is 0. The van der Waals surface area contributed by atoms with Crippen molar-refractivity contribution in [1.29, 1.82) is 0 Å². The monoisotopic (exact) mass is 250 g/mol. The predicted molar refractivity (Wildman–Crippen MR) is 64.2 cm³/mol. The van der Waals surface area contributed by atoms with Gasteiger partial charge in [-0.15, -0.1) is 0 Å². The number of benzene rings is 1. The molecule has 0 amide bonds. The zero-order valence-corrected chi connectivity index (χ0v) is 9.63. The fraction of sp³-hybridized carbons (Fsp3) is 0.182. The summed E-state index contributed by atoms with van der Waals surface area (Å²) in [6.07, 6.45) is 1.76. The van der Waals surface area contributed by atoms with Crippen molar-refractivity contribution in [2.24, 2.45) is 0 Å². The number of anilines is 2. The standard InChI is InChI=1S/C11H11FN4O2/c1-2-15-4-3-11(14-15)13-9-5-8(12)6-10(7-9)16(17)18/h3-7H,2H2,1H3,(H,13,14). The van der Waals surface area contributed by atoms with Gasteiger partial charge in [-0.1, -0.05) is 0 Å². The number of nitro groups is 1. The molecule has 0 aliphatic rings. The number of hydrogen-bond donors (Lipinski definition) is 1. The van der Waals surface area contributed by atoms with Gasteiger partial charge in [-0.3, -0.25) is 14.8 Å². The molecule has 18 heavy (non-hydrogen) atoms. The second-order valence-corrected chi connectivity index (χ2v) is 3.64.